The molecule has 5 rings (SSSR count). The number of rotatable bonds is 7. The Morgan fingerprint density at radius 2 is 2.03 bits per heavy atom. The molecule has 4 N–H and O–H groups in total. The fourth-order valence-corrected chi connectivity index (χ4v) is 6.01. The minimum absolute atomic E-state index is 0.0812. The quantitative estimate of drug-likeness (QED) is 0.548. The van der Waals surface area contributed by atoms with Gasteiger partial charge < -0.3 is 16.5 Å². The summed E-state index contributed by atoms with van der Waals surface area (Å²) in [5, 5.41) is 11.5. The monoisotopic (exact) mass is 430 g/mol. The second-order valence-corrected chi connectivity index (χ2v) is 9.47. The van der Waals surface area contributed by atoms with Crippen LogP contribution in [0.5, 0.6) is 0 Å². The molecule has 4 nitrogen and oxygen atoms in total. The summed E-state index contributed by atoms with van der Waals surface area (Å²) in [5.74, 6) is 0.989. The maximum atomic E-state index is 13.4. The van der Waals surface area contributed by atoms with Crippen molar-refractivity contribution in [1.29, 1.82) is 5.41 Å². The Morgan fingerprint density at radius 1 is 1.22 bits per heavy atom. The van der Waals surface area contributed by atoms with Crippen LogP contribution in [0.25, 0.3) is 0 Å². The zero-order valence-electron chi connectivity index (χ0n) is 18.6. The molecule has 0 amide bonds. The van der Waals surface area contributed by atoms with E-state index < -0.39 is 0 Å². The number of likely N-dealkylation sites (tertiary alicyclic amines) is 1. The zero-order valence-corrected chi connectivity index (χ0v) is 18.6. The van der Waals surface area contributed by atoms with Crippen LogP contribution in [0.3, 0.4) is 0 Å². The van der Waals surface area contributed by atoms with Gasteiger partial charge in [-0.25, -0.2) is 4.39 Å². The molecule has 1 saturated carbocycles. The Kier molecular flexibility index (Phi) is 5.48. The minimum Gasteiger partial charge on any atom is -0.358 e. The van der Waals surface area contributed by atoms with Crippen molar-refractivity contribution in [1.82, 2.24) is 4.90 Å². The average Bonchev–Trinajstić information content (AvgIpc) is 3.24. The van der Waals surface area contributed by atoms with Crippen molar-refractivity contribution >= 4 is 11.9 Å². The molecule has 0 spiro atoms. The summed E-state index contributed by atoms with van der Waals surface area (Å²) < 4.78 is 13.4. The van der Waals surface area contributed by atoms with Crippen LogP contribution in [0, 0.1) is 24.2 Å². The summed E-state index contributed by atoms with van der Waals surface area (Å²) in [6.07, 6.45) is 5.82. The number of nitrogens with zero attached hydrogens (tertiary/aromatic N) is 1. The third-order valence-corrected chi connectivity index (χ3v) is 7.59. The number of halogens is 1. The largest absolute Gasteiger partial charge is 0.358 e. The molecule has 2 aromatic rings. The molecule has 3 atom stereocenters. The van der Waals surface area contributed by atoms with Gasteiger partial charge >= 0.3 is 0 Å². The van der Waals surface area contributed by atoms with Gasteiger partial charge in [0.2, 0.25) is 0 Å². The predicted octanol–water partition coefficient (Wildman–Crippen LogP) is 4.89. The van der Waals surface area contributed by atoms with Crippen molar-refractivity contribution in [2.75, 3.05) is 25.0 Å². The van der Waals surface area contributed by atoms with Crippen LogP contribution >= 0.6 is 0 Å². The standard InChI is InChI=1S/C27H31FN4/c1-18-11-26(31-22-9-7-21(28)8-10-22)20(13-29)12-23(18)27-17-32(16-25(27)24(27)14-30)15-19-5-3-2-4-6-19/h2-7,9,11-13,24-25,29,31H,8,10,14-17,30H2,1H3. The number of hydrogen-bond donors (Lipinski definition) is 3. The fraction of sp³-hybridized carbons (Fsp3) is 0.370. The molecule has 32 heavy (non-hydrogen) atoms. The predicted molar refractivity (Wildman–Crippen MR) is 129 cm³/mol. The molecule has 5 heteroatoms. The summed E-state index contributed by atoms with van der Waals surface area (Å²) in [6.45, 7) is 5.91. The summed E-state index contributed by atoms with van der Waals surface area (Å²) in [6, 6.07) is 15.0. The van der Waals surface area contributed by atoms with Gasteiger partial charge in [0.05, 0.1) is 0 Å². The molecule has 3 aliphatic rings. The second kappa shape index (κ2) is 8.30. The lowest BCUT2D eigenvalue weighted by molar-refractivity contribution is 0.270. The topological polar surface area (TPSA) is 65.1 Å². The van der Waals surface area contributed by atoms with Gasteiger partial charge in [0.15, 0.2) is 0 Å². The van der Waals surface area contributed by atoms with Crippen LogP contribution in [0.4, 0.5) is 10.1 Å². The Morgan fingerprint density at radius 3 is 2.72 bits per heavy atom. The molecule has 2 aliphatic carbocycles. The molecular formula is C27H31FN4. The molecule has 0 radical (unpaired) electrons. The number of fused-ring (bicyclic) bond motifs is 1. The van der Waals surface area contributed by atoms with E-state index in [1.54, 1.807) is 6.08 Å². The Labute approximate surface area is 189 Å². The van der Waals surface area contributed by atoms with E-state index in [0.29, 0.717) is 31.2 Å². The zero-order chi connectivity index (χ0) is 22.3. The van der Waals surface area contributed by atoms with Crippen molar-refractivity contribution in [2.45, 2.75) is 31.7 Å². The highest BCUT2D eigenvalue weighted by molar-refractivity contribution is 5.87. The molecular weight excluding hydrogens is 399 g/mol. The third kappa shape index (κ3) is 3.59. The number of aryl methyl sites for hydroxylation is 1. The van der Waals surface area contributed by atoms with E-state index in [0.717, 1.165) is 36.6 Å². The smallest absolute Gasteiger partial charge is 0.100 e. The van der Waals surface area contributed by atoms with Gasteiger partial charge in [-0.05, 0) is 72.7 Å². The van der Waals surface area contributed by atoms with Gasteiger partial charge in [-0.15, -0.1) is 0 Å². The van der Waals surface area contributed by atoms with Gasteiger partial charge in [0, 0.05) is 54.6 Å². The van der Waals surface area contributed by atoms with E-state index in [9.17, 15) is 4.39 Å². The SMILES string of the molecule is Cc1cc(NC2=CC=C(F)CC2)c(C=N)cc1C12CN(Cc3ccccc3)CC1C2CN. The first-order valence-electron chi connectivity index (χ1n) is 11.5. The lowest BCUT2D eigenvalue weighted by atomic mass is 9.87. The molecule has 0 aromatic heterocycles. The molecule has 166 valence electrons. The van der Waals surface area contributed by atoms with E-state index in [2.05, 4.69) is 59.6 Å². The van der Waals surface area contributed by atoms with E-state index in [-0.39, 0.29) is 11.2 Å². The van der Waals surface area contributed by atoms with Crippen LogP contribution in [0.1, 0.15) is 35.1 Å². The molecule has 2 fully saturated rings. The lowest BCUT2D eigenvalue weighted by Crippen LogP contribution is -2.31. The third-order valence-electron chi connectivity index (χ3n) is 7.59. The van der Waals surface area contributed by atoms with E-state index in [1.807, 2.05) is 0 Å². The summed E-state index contributed by atoms with van der Waals surface area (Å²) in [5.41, 5.74) is 13.0. The molecule has 2 aromatic carbocycles. The number of hydrogen-bond acceptors (Lipinski definition) is 4. The van der Waals surface area contributed by atoms with Gasteiger partial charge in [-0.3, -0.25) is 4.90 Å². The molecule has 1 saturated heterocycles. The van der Waals surface area contributed by atoms with Gasteiger partial charge in [-0.2, -0.15) is 0 Å². The number of allylic oxidation sites excluding steroid dienone is 4. The Hall–Kier alpha value is -2.76. The fourth-order valence-electron chi connectivity index (χ4n) is 6.01. The molecule has 1 heterocycles. The highest BCUT2D eigenvalue weighted by Gasteiger charge is 2.68. The highest BCUT2D eigenvalue weighted by Crippen LogP contribution is 2.64. The number of piperidine rings is 1. The Balaban J connectivity index is 1.42. The molecule has 3 unspecified atom stereocenters. The highest BCUT2D eigenvalue weighted by atomic mass is 19.1. The van der Waals surface area contributed by atoms with Crippen LogP contribution in [0.15, 0.2) is 66.1 Å². The lowest BCUT2D eigenvalue weighted by Gasteiger charge is -2.26. The number of nitrogens with one attached hydrogen (secondary N) is 2. The van der Waals surface area contributed by atoms with Crippen molar-refractivity contribution in [3.8, 4) is 0 Å². The van der Waals surface area contributed by atoms with E-state index in [4.69, 9.17) is 11.1 Å². The van der Waals surface area contributed by atoms with Crippen LogP contribution < -0.4 is 11.1 Å². The first kappa shape index (κ1) is 21.1. The number of benzene rings is 2. The summed E-state index contributed by atoms with van der Waals surface area (Å²) in [4.78, 5) is 2.55. The average molecular weight is 431 g/mol. The normalized spacial score (nSPS) is 26.8. The first-order valence-corrected chi connectivity index (χ1v) is 11.5. The van der Waals surface area contributed by atoms with Crippen molar-refractivity contribution in [2.24, 2.45) is 17.6 Å². The van der Waals surface area contributed by atoms with Crippen molar-refractivity contribution in [3.05, 3.63) is 88.4 Å². The Bertz CT molecular complexity index is 1090. The molecule has 1 aliphatic heterocycles. The second-order valence-electron chi connectivity index (χ2n) is 9.47. The number of nitrogens with two attached hydrogens (primary N) is 1. The molecule has 0 bridgehead atoms. The van der Waals surface area contributed by atoms with Gasteiger partial charge in [-0.1, -0.05) is 30.3 Å². The summed E-state index contributed by atoms with van der Waals surface area (Å²) >= 11 is 0. The van der Waals surface area contributed by atoms with Crippen LogP contribution in [-0.2, 0) is 12.0 Å². The van der Waals surface area contributed by atoms with Gasteiger partial charge in [0.25, 0.3) is 0 Å². The van der Waals surface area contributed by atoms with Crippen molar-refractivity contribution < 1.29 is 4.39 Å². The van der Waals surface area contributed by atoms with Gasteiger partial charge in [0.1, 0.15) is 5.83 Å². The van der Waals surface area contributed by atoms with Crippen LogP contribution in [0.2, 0.25) is 0 Å². The summed E-state index contributed by atoms with van der Waals surface area (Å²) in [7, 11) is 0. The maximum Gasteiger partial charge on any atom is 0.100 e. The minimum atomic E-state index is -0.0812. The first-order chi connectivity index (χ1) is 15.5. The van der Waals surface area contributed by atoms with Crippen LogP contribution in [-0.4, -0.2) is 30.7 Å². The van der Waals surface area contributed by atoms with Crippen molar-refractivity contribution in [3.63, 3.8) is 0 Å². The maximum absolute atomic E-state index is 13.4. The van der Waals surface area contributed by atoms with E-state index >= 15 is 0 Å². The van der Waals surface area contributed by atoms with E-state index in [1.165, 1.54) is 29.0 Å². The number of anilines is 1.